The highest BCUT2D eigenvalue weighted by Gasteiger charge is 2.37. The first kappa shape index (κ1) is 24.9. The van der Waals surface area contributed by atoms with Crippen LogP contribution >= 0.6 is 0 Å². The predicted octanol–water partition coefficient (Wildman–Crippen LogP) is 6.80. The molecule has 1 atom stereocenters. The molecular formula is C31H32N2O4. The smallest absolute Gasteiger partial charge is 0.168 e. The summed E-state index contributed by atoms with van der Waals surface area (Å²) in [5.41, 5.74) is 4.58. The average Bonchev–Trinajstić information content (AvgIpc) is 3.25. The van der Waals surface area contributed by atoms with Gasteiger partial charge in [-0.15, -0.1) is 0 Å². The summed E-state index contributed by atoms with van der Waals surface area (Å²) in [6.45, 7) is 6.07. The molecule has 1 unspecified atom stereocenters. The van der Waals surface area contributed by atoms with Crippen LogP contribution in [0.3, 0.4) is 0 Å². The van der Waals surface area contributed by atoms with Gasteiger partial charge in [-0.2, -0.15) is 0 Å². The van der Waals surface area contributed by atoms with Crippen molar-refractivity contribution in [2.24, 2.45) is 10.4 Å². The van der Waals surface area contributed by atoms with Crippen LogP contribution in [0.1, 0.15) is 78.4 Å². The highest BCUT2D eigenvalue weighted by molar-refractivity contribution is 6.24. The quantitative estimate of drug-likeness (QED) is 0.379. The van der Waals surface area contributed by atoms with Crippen LogP contribution in [-0.2, 0) is 17.6 Å². The van der Waals surface area contributed by atoms with Gasteiger partial charge in [0.2, 0.25) is 0 Å². The summed E-state index contributed by atoms with van der Waals surface area (Å²) in [6.07, 6.45) is 2.54. The zero-order valence-corrected chi connectivity index (χ0v) is 21.6. The highest BCUT2D eigenvalue weighted by Crippen LogP contribution is 2.38. The number of aliphatic hydroxyl groups is 1. The lowest BCUT2D eigenvalue weighted by molar-refractivity contribution is -0.116. The number of Topliss-reactive ketones (excluding diaryl/α,β-unsaturated/α-hetero) is 2. The molecular weight excluding hydrogens is 464 g/mol. The van der Waals surface area contributed by atoms with E-state index in [9.17, 15) is 14.7 Å². The van der Waals surface area contributed by atoms with Crippen LogP contribution in [0.4, 0.5) is 5.69 Å². The van der Waals surface area contributed by atoms with Crippen molar-refractivity contribution < 1.29 is 19.2 Å². The van der Waals surface area contributed by atoms with E-state index in [1.165, 1.54) is 0 Å². The molecule has 1 heterocycles. The van der Waals surface area contributed by atoms with Crippen molar-refractivity contribution in [2.45, 2.75) is 65.2 Å². The van der Waals surface area contributed by atoms with Crippen LogP contribution in [0, 0.1) is 12.3 Å². The minimum absolute atomic E-state index is 0.0430. The molecule has 0 amide bonds. The molecule has 2 aliphatic rings. The number of carbonyl (C=O) groups excluding carboxylic acids is 2. The lowest BCUT2D eigenvalue weighted by Crippen LogP contribution is -2.27. The van der Waals surface area contributed by atoms with Gasteiger partial charge in [0.15, 0.2) is 11.6 Å². The van der Waals surface area contributed by atoms with Gasteiger partial charge in [-0.05, 0) is 48.3 Å². The van der Waals surface area contributed by atoms with Crippen molar-refractivity contribution >= 4 is 23.0 Å². The minimum atomic E-state index is -0.154. The minimum Gasteiger partial charge on any atom is -0.511 e. The number of aliphatic imine (C=N–C) groups is 1. The second-order valence-electron chi connectivity index (χ2n) is 11.0. The Hall–Kier alpha value is -3.80. The lowest BCUT2D eigenvalue weighted by Gasteiger charge is -2.26. The van der Waals surface area contributed by atoms with Gasteiger partial charge in [-0.1, -0.05) is 67.5 Å². The Balaban J connectivity index is 1.48. The van der Waals surface area contributed by atoms with Gasteiger partial charge in [-0.25, -0.2) is 0 Å². The fourth-order valence-corrected chi connectivity index (χ4v) is 5.48. The van der Waals surface area contributed by atoms with Crippen molar-refractivity contribution in [3.05, 3.63) is 94.1 Å². The Morgan fingerprint density at radius 3 is 2.49 bits per heavy atom. The number of allylic oxidation sites excluding steroid dienone is 2. The molecule has 0 bridgehead atoms. The van der Waals surface area contributed by atoms with Gasteiger partial charge in [-0.3, -0.25) is 14.6 Å². The number of benzene rings is 2. The van der Waals surface area contributed by atoms with Crippen molar-refractivity contribution in [1.82, 2.24) is 5.16 Å². The summed E-state index contributed by atoms with van der Waals surface area (Å²) in [5, 5.41) is 15.4. The normalized spacial score (nSPS) is 19.8. The summed E-state index contributed by atoms with van der Waals surface area (Å²) >= 11 is 0. The van der Waals surface area contributed by atoms with Gasteiger partial charge >= 0.3 is 0 Å². The molecule has 0 saturated carbocycles. The van der Waals surface area contributed by atoms with Crippen LogP contribution in [-0.4, -0.2) is 27.5 Å². The van der Waals surface area contributed by atoms with Crippen molar-refractivity contribution in [2.75, 3.05) is 0 Å². The number of rotatable bonds is 6. The molecule has 3 aromatic rings. The van der Waals surface area contributed by atoms with E-state index in [4.69, 9.17) is 9.52 Å². The number of aliphatic hydroxyl groups excluding tert-OH is 1. The molecule has 1 aromatic heterocycles. The van der Waals surface area contributed by atoms with Crippen molar-refractivity contribution in [1.29, 1.82) is 0 Å². The standard InChI is InChI=1S/C31H32N2O4/c1-19-9-7-8-12-22(19)32-23(13-14-24-30-27(36)17-31(2,3)18-28(30)37-33-24)29-25(34)15-21(16-26(29)35)20-10-5-4-6-11-20/h4-12,21,34H,13-18H2,1-3H3. The monoisotopic (exact) mass is 496 g/mol. The Kier molecular flexibility index (Phi) is 6.67. The third-order valence-corrected chi connectivity index (χ3v) is 7.36. The third-order valence-electron chi connectivity index (χ3n) is 7.36. The van der Waals surface area contributed by atoms with Gasteiger partial charge in [0.25, 0.3) is 0 Å². The van der Waals surface area contributed by atoms with Crippen LogP contribution < -0.4 is 0 Å². The van der Waals surface area contributed by atoms with E-state index in [0.29, 0.717) is 66.8 Å². The van der Waals surface area contributed by atoms with E-state index >= 15 is 0 Å². The molecule has 2 aromatic carbocycles. The van der Waals surface area contributed by atoms with Gasteiger partial charge < -0.3 is 9.63 Å². The Labute approximate surface area is 217 Å². The number of aromatic nitrogens is 1. The third kappa shape index (κ3) is 5.19. The van der Waals surface area contributed by atoms with E-state index in [-0.39, 0.29) is 28.7 Å². The number of ketones is 2. The maximum absolute atomic E-state index is 13.4. The fraction of sp³-hybridized carbons (Fsp3) is 0.355. The predicted molar refractivity (Wildman–Crippen MR) is 143 cm³/mol. The first-order valence-corrected chi connectivity index (χ1v) is 12.9. The average molecular weight is 497 g/mol. The van der Waals surface area contributed by atoms with Gasteiger partial charge in [0.1, 0.15) is 11.5 Å². The van der Waals surface area contributed by atoms with Crippen LogP contribution in [0.15, 0.2) is 75.4 Å². The molecule has 37 heavy (non-hydrogen) atoms. The molecule has 0 fully saturated rings. The van der Waals surface area contributed by atoms with Crippen molar-refractivity contribution in [3.8, 4) is 0 Å². The van der Waals surface area contributed by atoms with Crippen LogP contribution in [0.25, 0.3) is 0 Å². The summed E-state index contributed by atoms with van der Waals surface area (Å²) in [5.74, 6) is 0.555. The SMILES string of the molecule is Cc1ccccc1N=C(CCc1noc2c1C(=O)CC(C)(C)C2)C1=C(O)CC(c2ccccc2)CC1=O. The van der Waals surface area contributed by atoms with Crippen LogP contribution in [0.5, 0.6) is 0 Å². The van der Waals surface area contributed by atoms with E-state index in [1.54, 1.807) is 0 Å². The summed E-state index contributed by atoms with van der Waals surface area (Å²) in [4.78, 5) is 31.2. The van der Waals surface area contributed by atoms with E-state index in [1.807, 2.05) is 61.5 Å². The second kappa shape index (κ2) is 9.92. The molecule has 5 rings (SSSR count). The molecule has 6 nitrogen and oxygen atoms in total. The molecule has 190 valence electrons. The summed E-state index contributed by atoms with van der Waals surface area (Å²) in [7, 11) is 0. The number of hydrogen-bond donors (Lipinski definition) is 1. The number of aryl methyl sites for hydroxylation is 2. The Bertz CT molecular complexity index is 1410. The topological polar surface area (TPSA) is 92.8 Å². The number of hydrogen-bond acceptors (Lipinski definition) is 6. The molecule has 1 N–H and O–H groups in total. The van der Waals surface area contributed by atoms with E-state index < -0.39 is 0 Å². The first-order chi connectivity index (χ1) is 17.7. The molecule has 6 heteroatoms. The maximum Gasteiger partial charge on any atom is 0.168 e. The van der Waals surface area contributed by atoms with Crippen molar-refractivity contribution in [3.63, 3.8) is 0 Å². The summed E-state index contributed by atoms with van der Waals surface area (Å²) in [6, 6.07) is 17.5. The molecule has 0 aliphatic heterocycles. The van der Waals surface area contributed by atoms with Gasteiger partial charge in [0, 0.05) is 25.7 Å². The number of fused-ring (bicyclic) bond motifs is 1. The van der Waals surface area contributed by atoms with Crippen LogP contribution in [0.2, 0.25) is 0 Å². The zero-order valence-electron chi connectivity index (χ0n) is 21.6. The molecule has 0 saturated heterocycles. The number of para-hydroxylation sites is 1. The molecule has 0 radical (unpaired) electrons. The largest absolute Gasteiger partial charge is 0.511 e. The van der Waals surface area contributed by atoms with E-state index in [2.05, 4.69) is 19.0 Å². The second-order valence-corrected chi connectivity index (χ2v) is 11.0. The maximum atomic E-state index is 13.4. The van der Waals surface area contributed by atoms with Gasteiger partial charge in [0.05, 0.1) is 28.2 Å². The summed E-state index contributed by atoms with van der Waals surface area (Å²) < 4.78 is 5.57. The Morgan fingerprint density at radius 2 is 1.76 bits per heavy atom. The zero-order chi connectivity index (χ0) is 26.2. The fourth-order valence-electron chi connectivity index (χ4n) is 5.48. The number of nitrogens with zero attached hydrogens (tertiary/aromatic N) is 2. The molecule has 0 spiro atoms. The highest BCUT2D eigenvalue weighted by atomic mass is 16.5. The number of carbonyl (C=O) groups is 2. The molecule has 2 aliphatic carbocycles. The first-order valence-electron chi connectivity index (χ1n) is 12.9. The lowest BCUT2D eigenvalue weighted by atomic mass is 9.75. The Morgan fingerprint density at radius 1 is 1.03 bits per heavy atom. The van der Waals surface area contributed by atoms with E-state index in [0.717, 1.165) is 16.8 Å².